The minimum absolute atomic E-state index is 0.184. The van der Waals surface area contributed by atoms with Gasteiger partial charge >= 0.3 is 0 Å². The van der Waals surface area contributed by atoms with Gasteiger partial charge in [0.2, 0.25) is 0 Å². The summed E-state index contributed by atoms with van der Waals surface area (Å²) in [6.07, 6.45) is 0.437. The lowest BCUT2D eigenvalue weighted by Crippen LogP contribution is -2.34. The van der Waals surface area contributed by atoms with Gasteiger partial charge in [0.05, 0.1) is 5.52 Å². The second kappa shape index (κ2) is 6.78. The van der Waals surface area contributed by atoms with Gasteiger partial charge in [0.25, 0.3) is 5.91 Å². The van der Waals surface area contributed by atoms with Crippen molar-refractivity contribution in [2.75, 3.05) is 0 Å². The van der Waals surface area contributed by atoms with Crippen LogP contribution in [0, 0.1) is 5.82 Å². The van der Waals surface area contributed by atoms with Crippen LogP contribution in [0.1, 0.15) is 29.8 Å². The van der Waals surface area contributed by atoms with Crippen LogP contribution in [0.4, 0.5) is 4.39 Å². The maximum atomic E-state index is 13.7. The number of hydrogen-bond acceptors (Lipinski definition) is 3. The highest BCUT2D eigenvalue weighted by Crippen LogP contribution is 2.14. The maximum Gasteiger partial charge on any atom is 0.251 e. The van der Waals surface area contributed by atoms with Gasteiger partial charge in [-0.2, -0.15) is 0 Å². The van der Waals surface area contributed by atoms with Crippen molar-refractivity contribution in [2.45, 2.75) is 32.9 Å². The molecular weight excluding hydrogens is 307 g/mol. The summed E-state index contributed by atoms with van der Waals surface area (Å²) in [4.78, 5) is 12.4. The van der Waals surface area contributed by atoms with Gasteiger partial charge < -0.3 is 5.32 Å². The standard InChI is InChI=1S/C18H19FN4O/c1-3-23-17-9-8-14(11-16(17)21-22-23)18(24)20-12(2)10-13-6-4-5-7-15(13)19/h4-9,11-12H,3,10H2,1-2H3,(H,20,24). The van der Waals surface area contributed by atoms with Crippen LogP contribution in [0.15, 0.2) is 42.5 Å². The Labute approximate surface area is 139 Å². The van der Waals surface area contributed by atoms with E-state index >= 15 is 0 Å². The average Bonchev–Trinajstić information content (AvgIpc) is 2.99. The minimum atomic E-state index is -0.254. The Morgan fingerprint density at radius 2 is 2.08 bits per heavy atom. The molecule has 1 N–H and O–H groups in total. The third-order valence-corrected chi connectivity index (χ3v) is 3.94. The van der Waals surface area contributed by atoms with Crippen molar-refractivity contribution in [1.29, 1.82) is 0 Å². The van der Waals surface area contributed by atoms with Gasteiger partial charge in [-0.1, -0.05) is 23.4 Å². The van der Waals surface area contributed by atoms with Gasteiger partial charge in [0.15, 0.2) is 0 Å². The molecule has 0 saturated carbocycles. The SMILES string of the molecule is CCn1nnc2cc(C(=O)NC(C)Cc3ccccc3F)ccc21. The van der Waals surface area contributed by atoms with Crippen LogP contribution in [-0.2, 0) is 13.0 Å². The summed E-state index contributed by atoms with van der Waals surface area (Å²) in [7, 11) is 0. The van der Waals surface area contributed by atoms with E-state index in [9.17, 15) is 9.18 Å². The second-order valence-corrected chi connectivity index (χ2v) is 5.78. The number of amides is 1. The Morgan fingerprint density at radius 3 is 2.83 bits per heavy atom. The van der Waals surface area contributed by atoms with Gasteiger partial charge in [-0.25, -0.2) is 9.07 Å². The van der Waals surface area contributed by atoms with Crippen LogP contribution >= 0.6 is 0 Å². The number of aryl methyl sites for hydroxylation is 1. The highest BCUT2D eigenvalue weighted by Gasteiger charge is 2.14. The Kier molecular flexibility index (Phi) is 4.55. The molecular formula is C18H19FN4O. The van der Waals surface area contributed by atoms with Crippen molar-refractivity contribution >= 4 is 16.9 Å². The highest BCUT2D eigenvalue weighted by molar-refractivity contribution is 5.97. The van der Waals surface area contributed by atoms with E-state index in [4.69, 9.17) is 0 Å². The van der Waals surface area contributed by atoms with E-state index < -0.39 is 0 Å². The molecule has 5 nitrogen and oxygen atoms in total. The number of aromatic nitrogens is 3. The molecule has 0 radical (unpaired) electrons. The van der Waals surface area contributed by atoms with E-state index in [1.165, 1.54) is 6.07 Å². The lowest BCUT2D eigenvalue weighted by molar-refractivity contribution is 0.0940. The van der Waals surface area contributed by atoms with Crippen molar-refractivity contribution in [3.8, 4) is 0 Å². The molecule has 0 spiro atoms. The van der Waals surface area contributed by atoms with Gasteiger partial charge in [-0.05, 0) is 50.1 Å². The fourth-order valence-corrected chi connectivity index (χ4v) is 2.70. The molecule has 0 aliphatic carbocycles. The predicted octanol–water partition coefficient (Wildman–Crippen LogP) is 2.95. The molecule has 0 saturated heterocycles. The first-order valence-electron chi connectivity index (χ1n) is 7.96. The van der Waals surface area contributed by atoms with Gasteiger partial charge in [-0.3, -0.25) is 4.79 Å². The van der Waals surface area contributed by atoms with Crippen LogP contribution in [0.5, 0.6) is 0 Å². The quantitative estimate of drug-likeness (QED) is 0.784. The molecule has 1 heterocycles. The molecule has 0 aliphatic heterocycles. The lowest BCUT2D eigenvalue weighted by Gasteiger charge is -2.14. The fourth-order valence-electron chi connectivity index (χ4n) is 2.70. The normalized spacial score (nSPS) is 12.3. The van der Waals surface area contributed by atoms with E-state index in [-0.39, 0.29) is 17.8 Å². The van der Waals surface area contributed by atoms with Crippen molar-refractivity contribution in [3.63, 3.8) is 0 Å². The Balaban J connectivity index is 1.71. The molecule has 6 heteroatoms. The largest absolute Gasteiger partial charge is 0.349 e. The number of carbonyl (C=O) groups excluding carboxylic acids is 1. The number of nitrogens with one attached hydrogen (secondary N) is 1. The summed E-state index contributed by atoms with van der Waals surface area (Å²) in [5, 5.41) is 11.0. The molecule has 1 aromatic heterocycles. The zero-order valence-electron chi connectivity index (χ0n) is 13.7. The number of carbonyl (C=O) groups is 1. The molecule has 2 aromatic carbocycles. The molecule has 1 atom stereocenters. The van der Waals surface area contributed by atoms with Crippen LogP contribution in [-0.4, -0.2) is 26.9 Å². The summed E-state index contributed by atoms with van der Waals surface area (Å²) in [6, 6.07) is 11.7. The van der Waals surface area contributed by atoms with Gasteiger partial charge in [0.1, 0.15) is 11.3 Å². The van der Waals surface area contributed by atoms with E-state index in [2.05, 4.69) is 15.6 Å². The number of halogens is 1. The van der Waals surface area contributed by atoms with E-state index in [0.717, 1.165) is 12.1 Å². The third-order valence-electron chi connectivity index (χ3n) is 3.94. The number of fused-ring (bicyclic) bond motifs is 1. The molecule has 3 rings (SSSR count). The van der Waals surface area contributed by atoms with E-state index in [1.807, 2.05) is 19.9 Å². The maximum absolute atomic E-state index is 13.7. The average molecular weight is 326 g/mol. The van der Waals surface area contributed by atoms with Crippen molar-refractivity contribution in [1.82, 2.24) is 20.3 Å². The van der Waals surface area contributed by atoms with Crippen LogP contribution in [0.25, 0.3) is 11.0 Å². The number of hydrogen-bond donors (Lipinski definition) is 1. The van der Waals surface area contributed by atoms with Crippen LogP contribution in [0.2, 0.25) is 0 Å². The van der Waals surface area contributed by atoms with Crippen molar-refractivity contribution in [2.24, 2.45) is 0 Å². The van der Waals surface area contributed by atoms with Crippen LogP contribution < -0.4 is 5.32 Å². The lowest BCUT2D eigenvalue weighted by atomic mass is 10.1. The fraction of sp³-hybridized carbons (Fsp3) is 0.278. The smallest absolute Gasteiger partial charge is 0.251 e. The number of rotatable bonds is 5. The zero-order chi connectivity index (χ0) is 17.1. The molecule has 124 valence electrons. The van der Waals surface area contributed by atoms with E-state index in [0.29, 0.717) is 23.1 Å². The first kappa shape index (κ1) is 16.1. The topological polar surface area (TPSA) is 59.8 Å². The van der Waals surface area contributed by atoms with Crippen LogP contribution in [0.3, 0.4) is 0 Å². The first-order valence-corrected chi connectivity index (χ1v) is 7.96. The molecule has 0 fully saturated rings. The summed E-state index contributed by atoms with van der Waals surface area (Å²) < 4.78 is 15.5. The molecule has 3 aromatic rings. The first-order chi connectivity index (χ1) is 11.6. The second-order valence-electron chi connectivity index (χ2n) is 5.78. The molecule has 1 unspecified atom stereocenters. The summed E-state index contributed by atoms with van der Waals surface area (Å²) >= 11 is 0. The van der Waals surface area contributed by atoms with Crippen molar-refractivity contribution in [3.05, 3.63) is 59.4 Å². The number of benzene rings is 2. The van der Waals surface area contributed by atoms with Gasteiger partial charge in [0, 0.05) is 18.2 Å². The third kappa shape index (κ3) is 3.27. The summed E-state index contributed by atoms with van der Waals surface area (Å²) in [6.45, 7) is 4.57. The predicted molar refractivity (Wildman–Crippen MR) is 90.2 cm³/mol. The Hall–Kier alpha value is -2.76. The number of nitrogens with zero attached hydrogens (tertiary/aromatic N) is 3. The molecule has 0 bridgehead atoms. The Morgan fingerprint density at radius 1 is 1.29 bits per heavy atom. The molecule has 1 amide bonds. The summed E-state index contributed by atoms with van der Waals surface area (Å²) in [5.74, 6) is -0.456. The van der Waals surface area contributed by atoms with Gasteiger partial charge in [-0.15, -0.1) is 5.10 Å². The van der Waals surface area contributed by atoms with E-state index in [1.54, 1.807) is 35.0 Å². The minimum Gasteiger partial charge on any atom is -0.349 e. The zero-order valence-corrected chi connectivity index (χ0v) is 13.7. The Bertz CT molecular complexity index is 874. The molecule has 0 aliphatic rings. The molecule has 24 heavy (non-hydrogen) atoms. The highest BCUT2D eigenvalue weighted by atomic mass is 19.1. The van der Waals surface area contributed by atoms with Crippen molar-refractivity contribution < 1.29 is 9.18 Å². The summed E-state index contributed by atoms with van der Waals surface area (Å²) in [5.41, 5.74) is 2.69. The monoisotopic (exact) mass is 326 g/mol.